The van der Waals surface area contributed by atoms with E-state index in [0.717, 1.165) is 0 Å². The summed E-state index contributed by atoms with van der Waals surface area (Å²) in [7, 11) is 4.39. The lowest BCUT2D eigenvalue weighted by Gasteiger charge is -2.13. The van der Waals surface area contributed by atoms with Crippen LogP contribution in [-0.2, 0) is 0 Å². The molecule has 0 radical (unpaired) electrons. The van der Waals surface area contributed by atoms with Crippen molar-refractivity contribution in [3.05, 3.63) is 58.4 Å². The first-order chi connectivity index (χ1) is 11.5. The van der Waals surface area contributed by atoms with E-state index in [2.05, 4.69) is 0 Å². The second-order valence-electron chi connectivity index (χ2n) is 4.75. The minimum Gasteiger partial charge on any atom is -0.493 e. The van der Waals surface area contributed by atoms with Crippen molar-refractivity contribution in [3.8, 4) is 17.2 Å². The van der Waals surface area contributed by atoms with Crippen LogP contribution >= 0.6 is 11.6 Å². The second-order valence-corrected chi connectivity index (χ2v) is 5.15. The van der Waals surface area contributed by atoms with Crippen molar-refractivity contribution in [1.82, 2.24) is 0 Å². The monoisotopic (exact) mass is 350 g/mol. The van der Waals surface area contributed by atoms with Gasteiger partial charge in [-0.1, -0.05) is 17.7 Å². The van der Waals surface area contributed by atoms with E-state index in [-0.39, 0.29) is 16.4 Å². The molecule has 126 valence electrons. The fraction of sp³-hybridized carbons (Fsp3) is 0.167. The van der Waals surface area contributed by atoms with Crippen molar-refractivity contribution in [2.75, 3.05) is 21.3 Å². The van der Waals surface area contributed by atoms with Crippen molar-refractivity contribution < 1.29 is 23.4 Å². The van der Waals surface area contributed by atoms with E-state index in [0.29, 0.717) is 22.8 Å². The first-order valence-corrected chi connectivity index (χ1v) is 7.36. The number of ketones is 1. The van der Waals surface area contributed by atoms with E-state index >= 15 is 0 Å². The van der Waals surface area contributed by atoms with Gasteiger partial charge in [0.25, 0.3) is 0 Å². The third-order valence-corrected chi connectivity index (χ3v) is 3.68. The van der Waals surface area contributed by atoms with Gasteiger partial charge in [0, 0.05) is 11.1 Å². The van der Waals surface area contributed by atoms with E-state index in [9.17, 15) is 9.18 Å². The van der Waals surface area contributed by atoms with E-state index in [1.165, 1.54) is 57.7 Å². The summed E-state index contributed by atoms with van der Waals surface area (Å²) in [5.74, 6) is 0.248. The summed E-state index contributed by atoms with van der Waals surface area (Å²) in [4.78, 5) is 12.4. The van der Waals surface area contributed by atoms with Gasteiger partial charge < -0.3 is 14.2 Å². The Balaban J connectivity index is 2.38. The number of carbonyl (C=O) groups excluding carboxylic acids is 1. The first kappa shape index (κ1) is 17.8. The molecule has 6 heteroatoms. The maximum absolute atomic E-state index is 13.7. The largest absolute Gasteiger partial charge is 0.493 e. The third kappa shape index (κ3) is 3.68. The molecule has 0 aliphatic carbocycles. The third-order valence-electron chi connectivity index (χ3n) is 3.35. The Morgan fingerprint density at radius 1 is 1.08 bits per heavy atom. The number of allylic oxidation sites excluding steroid dienone is 1. The van der Waals surface area contributed by atoms with Gasteiger partial charge in [-0.2, -0.15) is 0 Å². The number of hydrogen-bond acceptors (Lipinski definition) is 4. The van der Waals surface area contributed by atoms with Crippen LogP contribution in [0.3, 0.4) is 0 Å². The molecule has 0 bridgehead atoms. The molecule has 0 fully saturated rings. The molecule has 0 unspecified atom stereocenters. The molecular formula is C18H16ClFO4. The zero-order valence-electron chi connectivity index (χ0n) is 13.4. The van der Waals surface area contributed by atoms with E-state index in [1.54, 1.807) is 6.07 Å². The Morgan fingerprint density at radius 3 is 2.21 bits per heavy atom. The molecule has 24 heavy (non-hydrogen) atoms. The van der Waals surface area contributed by atoms with Crippen molar-refractivity contribution in [2.45, 2.75) is 0 Å². The minimum atomic E-state index is -0.503. The lowest BCUT2D eigenvalue weighted by Crippen LogP contribution is -2.00. The van der Waals surface area contributed by atoms with Gasteiger partial charge in [0.1, 0.15) is 5.82 Å². The average molecular weight is 351 g/mol. The summed E-state index contributed by atoms with van der Waals surface area (Å²) in [5, 5.41) is 0.226. The minimum absolute atomic E-state index is 0.153. The quantitative estimate of drug-likeness (QED) is 0.572. The molecule has 0 atom stereocenters. The molecule has 0 aromatic heterocycles. The van der Waals surface area contributed by atoms with Crippen LogP contribution < -0.4 is 14.2 Å². The highest BCUT2D eigenvalue weighted by atomic mass is 35.5. The first-order valence-electron chi connectivity index (χ1n) is 6.98. The number of benzene rings is 2. The van der Waals surface area contributed by atoms with Crippen LogP contribution in [0.1, 0.15) is 15.9 Å². The van der Waals surface area contributed by atoms with Crippen molar-refractivity contribution in [1.29, 1.82) is 0 Å². The maximum atomic E-state index is 13.7. The summed E-state index contributed by atoms with van der Waals surface area (Å²) >= 11 is 5.93. The van der Waals surface area contributed by atoms with Crippen LogP contribution in [0.15, 0.2) is 36.4 Å². The van der Waals surface area contributed by atoms with Gasteiger partial charge in [-0.05, 0) is 36.4 Å². The standard InChI is InChI=1S/C18H16ClFO4/c1-22-16-9-11(10-17(23-2)18(16)24-3)15(21)8-7-12-13(19)5-4-6-14(12)20/h4-10H,1-3H3/b8-7+. The summed E-state index contributed by atoms with van der Waals surface area (Å²) < 4.78 is 29.4. The molecule has 2 aromatic carbocycles. The highest BCUT2D eigenvalue weighted by molar-refractivity contribution is 6.32. The smallest absolute Gasteiger partial charge is 0.203 e. The van der Waals surface area contributed by atoms with Crippen LogP contribution in [0.5, 0.6) is 17.2 Å². The summed E-state index contributed by atoms with van der Waals surface area (Å²) in [5.41, 5.74) is 0.466. The molecule has 0 aliphatic rings. The highest BCUT2D eigenvalue weighted by Crippen LogP contribution is 2.38. The Hall–Kier alpha value is -2.53. The molecule has 2 aromatic rings. The molecule has 0 aliphatic heterocycles. The van der Waals surface area contributed by atoms with Crippen LogP contribution in [0.25, 0.3) is 6.08 Å². The molecule has 0 N–H and O–H groups in total. The maximum Gasteiger partial charge on any atom is 0.203 e. The van der Waals surface area contributed by atoms with Gasteiger partial charge >= 0.3 is 0 Å². The number of hydrogen-bond donors (Lipinski definition) is 0. The van der Waals surface area contributed by atoms with Crippen LogP contribution in [0.4, 0.5) is 4.39 Å². The van der Waals surface area contributed by atoms with Gasteiger partial charge in [0.2, 0.25) is 5.75 Å². The van der Waals surface area contributed by atoms with Crippen LogP contribution in [-0.4, -0.2) is 27.1 Å². The molecule has 0 heterocycles. The normalized spacial score (nSPS) is 10.7. The zero-order valence-corrected chi connectivity index (χ0v) is 14.2. The van der Waals surface area contributed by atoms with Gasteiger partial charge in [-0.25, -0.2) is 4.39 Å². The fourth-order valence-corrected chi connectivity index (χ4v) is 2.37. The van der Waals surface area contributed by atoms with Crippen molar-refractivity contribution in [2.24, 2.45) is 0 Å². The average Bonchev–Trinajstić information content (AvgIpc) is 2.59. The topological polar surface area (TPSA) is 44.8 Å². The molecule has 0 amide bonds. The predicted molar refractivity (Wildman–Crippen MR) is 90.9 cm³/mol. The molecular weight excluding hydrogens is 335 g/mol. The van der Waals surface area contributed by atoms with Gasteiger partial charge in [0.05, 0.1) is 26.4 Å². The van der Waals surface area contributed by atoms with Crippen LogP contribution in [0.2, 0.25) is 5.02 Å². The number of carbonyl (C=O) groups is 1. The van der Waals surface area contributed by atoms with Gasteiger partial charge in [-0.15, -0.1) is 0 Å². The number of methoxy groups -OCH3 is 3. The lowest BCUT2D eigenvalue weighted by atomic mass is 10.1. The highest BCUT2D eigenvalue weighted by Gasteiger charge is 2.16. The molecule has 4 nitrogen and oxygen atoms in total. The summed E-state index contributed by atoms with van der Waals surface area (Å²) in [6.45, 7) is 0. The predicted octanol–water partition coefficient (Wildman–Crippen LogP) is 4.40. The van der Waals surface area contributed by atoms with E-state index in [4.69, 9.17) is 25.8 Å². The number of rotatable bonds is 6. The van der Waals surface area contributed by atoms with Crippen molar-refractivity contribution in [3.63, 3.8) is 0 Å². The van der Waals surface area contributed by atoms with Gasteiger partial charge in [0.15, 0.2) is 17.3 Å². The Kier molecular flexibility index (Phi) is 5.82. The number of ether oxygens (including phenoxy) is 3. The van der Waals surface area contributed by atoms with Gasteiger partial charge in [-0.3, -0.25) is 4.79 Å². The van der Waals surface area contributed by atoms with E-state index < -0.39 is 5.82 Å². The molecule has 0 saturated carbocycles. The number of halogens is 2. The second kappa shape index (κ2) is 7.84. The molecule has 0 spiro atoms. The van der Waals surface area contributed by atoms with E-state index in [1.807, 2.05) is 0 Å². The fourth-order valence-electron chi connectivity index (χ4n) is 2.15. The molecule has 2 rings (SSSR count). The summed E-state index contributed by atoms with van der Waals surface area (Å²) in [6.07, 6.45) is 2.58. The Labute approximate surface area is 144 Å². The van der Waals surface area contributed by atoms with Crippen LogP contribution in [0, 0.1) is 5.82 Å². The molecule has 0 saturated heterocycles. The SMILES string of the molecule is COc1cc(C(=O)/C=C/c2c(F)cccc2Cl)cc(OC)c1OC. The summed E-state index contributed by atoms with van der Waals surface area (Å²) in [6, 6.07) is 7.37. The van der Waals surface area contributed by atoms with Crippen molar-refractivity contribution >= 4 is 23.5 Å². The zero-order chi connectivity index (χ0) is 17.7. The Bertz CT molecular complexity index is 741. The Morgan fingerprint density at radius 2 is 1.71 bits per heavy atom. The lowest BCUT2D eigenvalue weighted by molar-refractivity contribution is 0.104.